The van der Waals surface area contributed by atoms with Crippen molar-refractivity contribution in [1.29, 1.82) is 0 Å². The van der Waals surface area contributed by atoms with Crippen molar-refractivity contribution >= 4 is 51.1 Å². The second kappa shape index (κ2) is 8.18. The number of rotatable bonds is 5. The number of anilines is 2. The van der Waals surface area contributed by atoms with Gasteiger partial charge in [0, 0.05) is 31.6 Å². The fraction of sp³-hybridized carbons (Fsp3) is 0. The zero-order valence-electron chi connectivity index (χ0n) is 14.4. The van der Waals surface area contributed by atoms with E-state index in [1.165, 1.54) is 6.08 Å². The number of hydrogen-bond donors (Lipinski definition) is 2. The maximum Gasteiger partial charge on any atom is 0.195 e. The Labute approximate surface area is 171 Å². The summed E-state index contributed by atoms with van der Waals surface area (Å²) in [6, 6.07) is 21.0. The van der Waals surface area contributed by atoms with Crippen molar-refractivity contribution < 1.29 is 9.59 Å². The molecule has 0 aliphatic carbocycles. The molecule has 3 rings (SSSR count). The highest BCUT2D eigenvalue weighted by atomic mass is 127. The first kappa shape index (κ1) is 18.8. The van der Waals surface area contributed by atoms with Crippen LogP contribution in [0.3, 0.4) is 0 Å². The molecule has 0 unspecified atom stereocenters. The summed E-state index contributed by atoms with van der Waals surface area (Å²) in [6.07, 6.45) is 1.34. The molecule has 0 aliphatic rings. The number of carbonyl (C=O) groups excluding carboxylic acids is 2. The van der Waals surface area contributed by atoms with Crippen LogP contribution in [0.5, 0.6) is 0 Å². The van der Waals surface area contributed by atoms with Crippen molar-refractivity contribution in [2.75, 3.05) is 11.5 Å². The molecule has 5 heteroatoms. The van der Waals surface area contributed by atoms with Crippen LogP contribution >= 0.6 is 22.6 Å². The van der Waals surface area contributed by atoms with Crippen LogP contribution in [0.4, 0.5) is 11.4 Å². The van der Waals surface area contributed by atoms with Crippen LogP contribution in [0.25, 0.3) is 5.57 Å². The zero-order valence-corrected chi connectivity index (χ0v) is 16.5. The van der Waals surface area contributed by atoms with E-state index in [4.69, 9.17) is 11.5 Å². The Hall–Kier alpha value is -2.93. The molecule has 0 amide bonds. The van der Waals surface area contributed by atoms with Gasteiger partial charge in [-0.15, -0.1) is 0 Å². The van der Waals surface area contributed by atoms with Crippen LogP contribution in [-0.2, 0) is 0 Å². The van der Waals surface area contributed by atoms with Crippen LogP contribution in [-0.4, -0.2) is 11.6 Å². The number of hydrogen-bond acceptors (Lipinski definition) is 4. The average Bonchev–Trinajstić information content (AvgIpc) is 2.67. The van der Waals surface area contributed by atoms with Gasteiger partial charge in [-0.3, -0.25) is 9.59 Å². The Morgan fingerprint density at radius 3 is 1.81 bits per heavy atom. The molecule has 0 aliphatic heterocycles. The van der Waals surface area contributed by atoms with Gasteiger partial charge in [-0.1, -0.05) is 36.4 Å². The molecular formula is C22H17IN2O2. The topological polar surface area (TPSA) is 86.2 Å². The fourth-order valence-corrected chi connectivity index (χ4v) is 3.05. The van der Waals surface area contributed by atoms with E-state index in [1.807, 2.05) is 24.3 Å². The molecule has 0 radical (unpaired) electrons. The van der Waals surface area contributed by atoms with E-state index in [2.05, 4.69) is 22.6 Å². The minimum atomic E-state index is -0.329. The maximum atomic E-state index is 13.2. The number of halogens is 1. The lowest BCUT2D eigenvalue weighted by molar-refractivity contribution is 0.103. The van der Waals surface area contributed by atoms with Gasteiger partial charge in [0.25, 0.3) is 0 Å². The molecule has 0 saturated carbocycles. The highest BCUT2D eigenvalue weighted by molar-refractivity contribution is 14.1. The predicted octanol–water partition coefficient (Wildman–Crippen LogP) is 4.60. The molecular weight excluding hydrogens is 451 g/mol. The number of carbonyl (C=O) groups is 2. The van der Waals surface area contributed by atoms with Gasteiger partial charge in [0.05, 0.1) is 0 Å². The summed E-state index contributed by atoms with van der Waals surface area (Å²) in [4.78, 5) is 26.0. The molecule has 0 aromatic heterocycles. The van der Waals surface area contributed by atoms with Gasteiger partial charge in [-0.2, -0.15) is 0 Å². The number of allylic oxidation sites excluding steroid dienone is 2. The van der Waals surface area contributed by atoms with Crippen LogP contribution < -0.4 is 11.5 Å². The zero-order chi connectivity index (χ0) is 19.4. The monoisotopic (exact) mass is 468 g/mol. The molecule has 134 valence electrons. The molecule has 0 spiro atoms. The van der Waals surface area contributed by atoms with Crippen molar-refractivity contribution in [1.82, 2.24) is 0 Å². The lowest BCUT2D eigenvalue weighted by Gasteiger charge is -2.10. The molecule has 0 atom stereocenters. The number of benzene rings is 3. The summed E-state index contributed by atoms with van der Waals surface area (Å²) < 4.78 is 1.03. The summed E-state index contributed by atoms with van der Waals surface area (Å²) in [5.74, 6) is -0.637. The van der Waals surface area contributed by atoms with Gasteiger partial charge < -0.3 is 11.5 Å². The van der Waals surface area contributed by atoms with Gasteiger partial charge in [0.15, 0.2) is 11.6 Å². The maximum absolute atomic E-state index is 13.2. The lowest BCUT2D eigenvalue weighted by atomic mass is 9.93. The van der Waals surface area contributed by atoms with Gasteiger partial charge in [-0.25, -0.2) is 0 Å². The first-order valence-electron chi connectivity index (χ1n) is 8.23. The Balaban J connectivity index is 2.12. The first-order chi connectivity index (χ1) is 13.0. The number of Topliss-reactive ketones (excluding diaryl/α,β-unsaturated/α-hetero) is 1. The third-order valence-corrected chi connectivity index (χ3v) is 4.83. The minimum absolute atomic E-state index is 0.276. The van der Waals surface area contributed by atoms with Crippen molar-refractivity contribution in [3.63, 3.8) is 0 Å². The molecule has 4 N–H and O–H groups in total. The predicted molar refractivity (Wildman–Crippen MR) is 118 cm³/mol. The molecule has 3 aromatic carbocycles. The summed E-state index contributed by atoms with van der Waals surface area (Å²) in [5.41, 5.74) is 14.3. The van der Waals surface area contributed by atoms with Crippen molar-refractivity contribution in [3.05, 3.63) is 99.1 Å². The van der Waals surface area contributed by atoms with Gasteiger partial charge in [0.1, 0.15) is 0 Å². The average molecular weight is 468 g/mol. The molecule has 0 bridgehead atoms. The van der Waals surface area contributed by atoms with Crippen LogP contribution in [0, 0.1) is 3.57 Å². The van der Waals surface area contributed by atoms with Crippen molar-refractivity contribution in [2.45, 2.75) is 0 Å². The number of ketones is 2. The van der Waals surface area contributed by atoms with E-state index in [0.717, 1.165) is 3.57 Å². The van der Waals surface area contributed by atoms with Crippen LogP contribution in [0.2, 0.25) is 0 Å². The van der Waals surface area contributed by atoms with Crippen LogP contribution in [0.15, 0.2) is 78.9 Å². The standard InChI is InChI=1S/C22H17IN2O2/c23-15-11-9-14(10-12-15)18(22(27)17-6-2-4-8-20(17)25)13-21(26)16-5-1-3-7-19(16)24/h1-13H,24-25H2/b18-13+. The molecule has 0 fully saturated rings. The number of para-hydroxylation sites is 2. The van der Waals surface area contributed by atoms with E-state index < -0.39 is 0 Å². The fourth-order valence-electron chi connectivity index (χ4n) is 2.69. The van der Waals surface area contributed by atoms with Gasteiger partial charge >= 0.3 is 0 Å². The number of nitrogen functional groups attached to an aromatic ring is 2. The molecule has 4 nitrogen and oxygen atoms in total. The van der Waals surface area contributed by atoms with Gasteiger partial charge in [-0.05, 0) is 70.6 Å². The van der Waals surface area contributed by atoms with E-state index >= 15 is 0 Å². The Morgan fingerprint density at radius 2 is 1.26 bits per heavy atom. The third-order valence-electron chi connectivity index (χ3n) is 4.11. The Morgan fingerprint density at radius 1 is 0.741 bits per heavy atom. The van der Waals surface area contributed by atoms with E-state index in [9.17, 15) is 9.59 Å². The van der Waals surface area contributed by atoms with Crippen LogP contribution in [0.1, 0.15) is 26.3 Å². The Kier molecular flexibility index (Phi) is 5.71. The Bertz CT molecular complexity index is 1040. The smallest absolute Gasteiger partial charge is 0.195 e. The normalized spacial score (nSPS) is 11.2. The molecule has 27 heavy (non-hydrogen) atoms. The highest BCUT2D eigenvalue weighted by Gasteiger charge is 2.19. The summed E-state index contributed by atoms with van der Waals surface area (Å²) in [5, 5.41) is 0. The lowest BCUT2D eigenvalue weighted by Crippen LogP contribution is -2.09. The van der Waals surface area contributed by atoms with Crippen molar-refractivity contribution in [3.8, 4) is 0 Å². The summed E-state index contributed by atoms with van der Waals surface area (Å²) >= 11 is 2.19. The number of nitrogens with two attached hydrogens (primary N) is 2. The summed E-state index contributed by atoms with van der Waals surface area (Å²) in [6.45, 7) is 0. The highest BCUT2D eigenvalue weighted by Crippen LogP contribution is 2.25. The second-order valence-electron chi connectivity index (χ2n) is 5.93. The summed E-state index contributed by atoms with van der Waals surface area (Å²) in [7, 11) is 0. The molecule has 3 aromatic rings. The largest absolute Gasteiger partial charge is 0.398 e. The first-order valence-corrected chi connectivity index (χ1v) is 9.31. The minimum Gasteiger partial charge on any atom is -0.398 e. The van der Waals surface area contributed by atoms with E-state index in [0.29, 0.717) is 28.1 Å². The van der Waals surface area contributed by atoms with Gasteiger partial charge in [0.2, 0.25) is 0 Å². The molecule has 0 saturated heterocycles. The third kappa shape index (κ3) is 4.25. The molecule has 0 heterocycles. The quantitative estimate of drug-likeness (QED) is 0.248. The second-order valence-corrected chi connectivity index (χ2v) is 7.18. The van der Waals surface area contributed by atoms with Crippen molar-refractivity contribution in [2.24, 2.45) is 0 Å². The van der Waals surface area contributed by atoms with E-state index in [-0.39, 0.29) is 17.1 Å². The SMILES string of the molecule is Nc1ccccc1C(=O)/C=C(/C(=O)c1ccccc1N)c1ccc(I)cc1. The van der Waals surface area contributed by atoms with E-state index in [1.54, 1.807) is 48.5 Å².